The molecule has 2 nitrogen and oxygen atoms in total. The maximum atomic E-state index is 5.89. The normalized spacial score (nSPS) is 20.9. The number of anilines is 2. The van der Waals surface area contributed by atoms with E-state index in [2.05, 4.69) is 112 Å². The Morgan fingerprint density at radius 2 is 1.25 bits per heavy atom. The Labute approximate surface area is 202 Å². The maximum absolute atomic E-state index is 5.89. The second-order valence-corrected chi connectivity index (χ2v) is 10.8. The molecule has 3 aromatic carbocycles. The Bertz CT molecular complexity index is 1170. The van der Waals surface area contributed by atoms with Gasteiger partial charge in [0.1, 0.15) is 22.9 Å². The standard InChI is InChI=1S/C28H28N2S2/c1-27(2)19-11-7-9-13-21(19)29(5)23(27)15-17-25(31)18(26(17)32)16-24-28(3,4)20-12-8-10-14-22(20)30(24)6/h7-16H,1-6H3. The van der Waals surface area contributed by atoms with Crippen molar-refractivity contribution in [1.82, 2.24) is 0 Å². The van der Waals surface area contributed by atoms with E-state index < -0.39 is 0 Å². The van der Waals surface area contributed by atoms with Crippen molar-refractivity contribution >= 4 is 48.8 Å². The van der Waals surface area contributed by atoms with Gasteiger partial charge < -0.3 is 35.1 Å². The largest absolute Gasteiger partial charge is 0.706 e. The van der Waals surface area contributed by atoms with Gasteiger partial charge in [-0.2, -0.15) is 0 Å². The van der Waals surface area contributed by atoms with Gasteiger partial charge in [-0.25, -0.2) is 0 Å². The molecule has 2 aliphatic heterocycles. The summed E-state index contributed by atoms with van der Waals surface area (Å²) in [6.45, 7) is 9.08. The molecule has 0 bridgehead atoms. The van der Waals surface area contributed by atoms with Crippen molar-refractivity contribution in [2.24, 2.45) is 0 Å². The van der Waals surface area contributed by atoms with E-state index in [0.29, 0.717) is 0 Å². The summed E-state index contributed by atoms with van der Waals surface area (Å²) in [7, 11) is 4.26. The molecule has 0 aliphatic carbocycles. The molecule has 0 radical (unpaired) electrons. The molecular formula is C28H28N2S2. The molecule has 0 fully saturated rings. The van der Waals surface area contributed by atoms with E-state index in [1.54, 1.807) is 0 Å². The SMILES string of the molecule is CN1C(=Cc2c([S-])[c+](C=C3N(C)c4ccccc4C3(C)C)[c+]2[S-])C(C)(C)c2ccccc21. The van der Waals surface area contributed by atoms with E-state index in [-0.39, 0.29) is 10.8 Å². The van der Waals surface area contributed by atoms with Crippen molar-refractivity contribution in [2.75, 3.05) is 23.9 Å². The minimum atomic E-state index is -0.0902. The van der Waals surface area contributed by atoms with Gasteiger partial charge in [0, 0.05) is 35.0 Å². The van der Waals surface area contributed by atoms with Crippen LogP contribution in [0.1, 0.15) is 49.9 Å². The first-order chi connectivity index (χ1) is 15.1. The van der Waals surface area contributed by atoms with Crippen LogP contribution in [0, 0.1) is 0 Å². The predicted octanol–water partition coefficient (Wildman–Crippen LogP) is 6.47. The Morgan fingerprint density at radius 3 is 1.75 bits per heavy atom. The Balaban J connectivity index is 1.55. The van der Waals surface area contributed by atoms with Gasteiger partial charge >= 0.3 is 0 Å². The number of hydrogen-bond acceptors (Lipinski definition) is 4. The van der Waals surface area contributed by atoms with Crippen LogP contribution in [0.3, 0.4) is 0 Å². The molecule has 2 aliphatic rings. The number of likely N-dealkylation sites (N-methyl/N-ethyl adjacent to an activating group) is 2. The topological polar surface area (TPSA) is 6.48 Å². The number of fused-ring (bicyclic) bond motifs is 2. The summed E-state index contributed by atoms with van der Waals surface area (Å²) < 4.78 is 0. The molecule has 0 aromatic heterocycles. The summed E-state index contributed by atoms with van der Waals surface area (Å²) in [6, 6.07) is 17.2. The van der Waals surface area contributed by atoms with Crippen molar-refractivity contribution in [3.63, 3.8) is 0 Å². The van der Waals surface area contributed by atoms with Gasteiger partial charge in [0.2, 0.25) is 0 Å². The van der Waals surface area contributed by atoms with Crippen LogP contribution in [0.15, 0.2) is 69.7 Å². The number of rotatable bonds is 2. The molecular weight excluding hydrogens is 428 g/mol. The highest BCUT2D eigenvalue weighted by Crippen LogP contribution is 2.50. The minimum absolute atomic E-state index is 0.0902. The van der Waals surface area contributed by atoms with Crippen molar-refractivity contribution in [2.45, 2.75) is 48.3 Å². The summed E-state index contributed by atoms with van der Waals surface area (Å²) in [5, 5.41) is 0. The smallest absolute Gasteiger partial charge is 0.129 e. The molecule has 2 heterocycles. The van der Waals surface area contributed by atoms with E-state index >= 15 is 0 Å². The van der Waals surface area contributed by atoms with Crippen molar-refractivity contribution in [3.8, 4) is 0 Å². The van der Waals surface area contributed by atoms with Crippen LogP contribution in [0.4, 0.5) is 11.4 Å². The van der Waals surface area contributed by atoms with Gasteiger partial charge in [0.25, 0.3) is 0 Å². The van der Waals surface area contributed by atoms with E-state index in [1.165, 1.54) is 33.9 Å². The van der Waals surface area contributed by atoms with Gasteiger partial charge in [-0.1, -0.05) is 36.4 Å². The van der Waals surface area contributed by atoms with E-state index in [1.807, 2.05) is 0 Å². The first-order valence-electron chi connectivity index (χ1n) is 11.0. The Morgan fingerprint density at radius 1 is 0.781 bits per heavy atom. The maximum Gasteiger partial charge on any atom is 0.129 e. The summed E-state index contributed by atoms with van der Waals surface area (Å²) >= 11 is 11.8. The summed E-state index contributed by atoms with van der Waals surface area (Å²) in [5.74, 6) is 0. The molecule has 0 unspecified atom stereocenters. The van der Waals surface area contributed by atoms with Gasteiger partial charge in [-0.3, -0.25) is 0 Å². The minimum Gasteiger partial charge on any atom is -0.706 e. The fourth-order valence-electron chi connectivity index (χ4n) is 5.49. The van der Waals surface area contributed by atoms with E-state index in [9.17, 15) is 0 Å². The fraction of sp³-hybridized carbons (Fsp3) is 0.286. The second-order valence-electron chi connectivity index (χ2n) is 9.95. The highest BCUT2D eigenvalue weighted by atomic mass is 32.1. The van der Waals surface area contributed by atoms with Gasteiger partial charge in [0.15, 0.2) is 0 Å². The van der Waals surface area contributed by atoms with Crippen molar-refractivity contribution in [1.29, 1.82) is 0 Å². The molecule has 0 N–H and O–H groups in total. The average Bonchev–Trinajstić information content (AvgIpc) is 3.09. The number of benzene rings is 2. The lowest BCUT2D eigenvalue weighted by molar-refractivity contribution is 0.644. The van der Waals surface area contributed by atoms with Gasteiger partial charge in [-0.15, -0.1) is 0 Å². The predicted molar refractivity (Wildman–Crippen MR) is 141 cm³/mol. The quantitative estimate of drug-likeness (QED) is 0.322. The molecule has 4 heteroatoms. The number of allylic oxidation sites excluding steroid dienone is 2. The van der Waals surface area contributed by atoms with Crippen LogP contribution in [0.2, 0.25) is 0 Å². The number of para-hydroxylation sites is 2. The molecule has 0 saturated heterocycles. The molecule has 5 rings (SSSR count). The van der Waals surface area contributed by atoms with Crippen LogP contribution in [0.25, 0.3) is 12.2 Å². The zero-order valence-electron chi connectivity index (χ0n) is 19.5. The summed E-state index contributed by atoms with van der Waals surface area (Å²) in [5.41, 5.74) is 9.48. The molecule has 3 aromatic rings. The van der Waals surface area contributed by atoms with Crippen LogP contribution in [-0.4, -0.2) is 14.1 Å². The van der Waals surface area contributed by atoms with Crippen LogP contribution in [0.5, 0.6) is 0 Å². The molecule has 32 heavy (non-hydrogen) atoms. The highest BCUT2D eigenvalue weighted by molar-refractivity contribution is 7.60. The molecule has 162 valence electrons. The summed E-state index contributed by atoms with van der Waals surface area (Å²) in [6.07, 6.45) is 4.43. The fourth-order valence-corrected chi connectivity index (χ4v) is 6.26. The van der Waals surface area contributed by atoms with Crippen LogP contribution >= 0.6 is 0 Å². The Hall–Kier alpha value is -2.56. The third kappa shape index (κ3) is 2.76. The number of hydrogen-bond donors (Lipinski definition) is 0. The molecule has 0 spiro atoms. The lowest BCUT2D eigenvalue weighted by Gasteiger charge is -2.26. The lowest BCUT2D eigenvalue weighted by Crippen LogP contribution is -2.24. The average molecular weight is 457 g/mol. The third-order valence-electron chi connectivity index (χ3n) is 7.42. The van der Waals surface area contributed by atoms with Crippen LogP contribution in [-0.2, 0) is 36.1 Å². The van der Waals surface area contributed by atoms with E-state index in [4.69, 9.17) is 25.3 Å². The van der Waals surface area contributed by atoms with Crippen molar-refractivity contribution in [3.05, 3.63) is 82.2 Å². The van der Waals surface area contributed by atoms with E-state index in [0.717, 1.165) is 20.9 Å². The lowest BCUT2D eigenvalue weighted by atomic mass is 9.82. The number of nitrogens with zero attached hydrogens (tertiary/aromatic N) is 2. The third-order valence-corrected chi connectivity index (χ3v) is 8.30. The zero-order chi connectivity index (χ0) is 23.0. The first kappa shape index (κ1) is 21.3. The molecule has 0 amide bonds. The zero-order valence-corrected chi connectivity index (χ0v) is 21.1. The second kappa shape index (κ2) is 6.97. The molecule has 0 saturated carbocycles. The monoisotopic (exact) mass is 456 g/mol. The van der Waals surface area contributed by atoms with Crippen molar-refractivity contribution < 1.29 is 0 Å². The van der Waals surface area contributed by atoms with Gasteiger partial charge in [0.05, 0.1) is 22.9 Å². The molecule has 0 atom stereocenters. The first-order valence-corrected chi connectivity index (χ1v) is 11.8. The highest BCUT2D eigenvalue weighted by Gasteiger charge is 2.43. The summed E-state index contributed by atoms with van der Waals surface area (Å²) in [4.78, 5) is 6.29. The van der Waals surface area contributed by atoms with Gasteiger partial charge in [-0.05, 0) is 51.0 Å². The van der Waals surface area contributed by atoms with Crippen LogP contribution < -0.4 is 9.80 Å². The Kier molecular flexibility index (Phi) is 4.64.